The lowest BCUT2D eigenvalue weighted by Crippen LogP contribution is -2.48. The van der Waals surface area contributed by atoms with Crippen molar-refractivity contribution in [2.75, 3.05) is 32.4 Å². The van der Waals surface area contributed by atoms with Crippen molar-refractivity contribution in [1.82, 2.24) is 26.2 Å². The highest BCUT2D eigenvalue weighted by atomic mass is 32.2. The second-order valence-corrected chi connectivity index (χ2v) is 20.0. The maximum Gasteiger partial charge on any atom is 0.407 e. The Balaban J connectivity index is 1.33. The van der Waals surface area contributed by atoms with Crippen LogP contribution in [-0.2, 0) is 43.0 Å². The fraction of sp³-hybridized carbons (Fsp3) is 0.608. The zero-order chi connectivity index (χ0) is 49.5. The van der Waals surface area contributed by atoms with Crippen LogP contribution in [0.15, 0.2) is 71.9 Å². The SMILES string of the molecule is C/C=C\C[C@@H](C/C=C\CC(=O)[C@@H](NC(=O)\C=C/C=C\C(C)=C\[C@H](C)[C@@H]1CC=C(C)C(=O)O1)C(C)(C)C)OC(=O)NCCCNC(=O)CCSC1CC(=O)N(CC2CCC(C(=O)NC)CC2)C1=O. The number of nitrogens with zero attached hydrogens (tertiary/aromatic N) is 1. The molecule has 1 saturated heterocycles. The maximum atomic E-state index is 13.3. The summed E-state index contributed by atoms with van der Waals surface area (Å²) in [5.74, 6) is -0.769. The minimum Gasteiger partial charge on any atom is -0.458 e. The Bertz CT molecular complexity index is 1920. The molecule has 16 heteroatoms. The molecule has 6 amide bonds. The molecule has 67 heavy (non-hydrogen) atoms. The van der Waals surface area contributed by atoms with E-state index in [-0.39, 0.29) is 85.0 Å². The van der Waals surface area contributed by atoms with Gasteiger partial charge in [-0.15, -0.1) is 11.8 Å². The number of hydrogen-bond acceptors (Lipinski definition) is 11. The van der Waals surface area contributed by atoms with Crippen LogP contribution in [0.25, 0.3) is 0 Å². The van der Waals surface area contributed by atoms with E-state index in [4.69, 9.17) is 9.47 Å². The lowest BCUT2D eigenvalue weighted by atomic mass is 9.81. The third-order valence-corrected chi connectivity index (χ3v) is 13.2. The van der Waals surface area contributed by atoms with Crippen molar-refractivity contribution < 1.29 is 47.8 Å². The average Bonchev–Trinajstić information content (AvgIpc) is 3.54. The smallest absolute Gasteiger partial charge is 0.407 e. The number of Topliss-reactive ketones (excluding diaryl/α,β-unsaturated/α-hetero) is 1. The fourth-order valence-electron chi connectivity index (χ4n) is 8.05. The first-order chi connectivity index (χ1) is 31.8. The highest BCUT2D eigenvalue weighted by Gasteiger charge is 2.40. The molecule has 15 nitrogen and oxygen atoms in total. The Morgan fingerprint density at radius 2 is 1.66 bits per heavy atom. The minimum atomic E-state index is -0.743. The van der Waals surface area contributed by atoms with E-state index in [1.807, 2.05) is 71.9 Å². The number of amides is 6. The molecule has 0 bridgehead atoms. The van der Waals surface area contributed by atoms with E-state index in [1.54, 1.807) is 38.3 Å². The van der Waals surface area contributed by atoms with Gasteiger partial charge in [0.25, 0.3) is 0 Å². The molecule has 1 aliphatic carbocycles. The van der Waals surface area contributed by atoms with Crippen molar-refractivity contribution in [3.8, 4) is 0 Å². The first-order valence-electron chi connectivity index (χ1n) is 23.7. The van der Waals surface area contributed by atoms with Crippen LogP contribution in [-0.4, -0.2) is 108 Å². The van der Waals surface area contributed by atoms with Gasteiger partial charge >= 0.3 is 12.1 Å². The summed E-state index contributed by atoms with van der Waals surface area (Å²) in [6, 6.07) is -0.743. The van der Waals surface area contributed by atoms with Crippen molar-refractivity contribution in [2.24, 2.45) is 23.2 Å². The molecule has 2 heterocycles. The number of rotatable bonds is 25. The zero-order valence-electron chi connectivity index (χ0n) is 40.9. The number of carbonyl (C=O) groups is 8. The number of hydrogen-bond donors (Lipinski definition) is 4. The number of imide groups is 1. The lowest BCUT2D eigenvalue weighted by Gasteiger charge is -2.29. The second-order valence-electron chi connectivity index (χ2n) is 18.7. The van der Waals surface area contributed by atoms with Gasteiger partial charge in [-0.1, -0.05) is 88.0 Å². The third kappa shape index (κ3) is 20.3. The van der Waals surface area contributed by atoms with Gasteiger partial charge in [-0.05, 0) is 64.2 Å². The van der Waals surface area contributed by atoms with E-state index >= 15 is 0 Å². The quantitative estimate of drug-likeness (QED) is 0.0188. The molecular formula is C51H75N5O10S. The molecule has 0 aromatic heterocycles. The number of allylic oxidation sites excluding steroid dienone is 6. The molecule has 4 N–H and O–H groups in total. The predicted octanol–water partition coefficient (Wildman–Crippen LogP) is 6.75. The summed E-state index contributed by atoms with van der Waals surface area (Å²) in [7, 11) is 1.63. The van der Waals surface area contributed by atoms with Crippen LogP contribution >= 0.6 is 11.8 Å². The van der Waals surface area contributed by atoms with Gasteiger partial charge in [0, 0.05) is 94.4 Å². The van der Waals surface area contributed by atoms with Gasteiger partial charge in [0.1, 0.15) is 12.2 Å². The number of esters is 1. The van der Waals surface area contributed by atoms with E-state index in [0.717, 1.165) is 31.3 Å². The summed E-state index contributed by atoms with van der Waals surface area (Å²) in [5.41, 5.74) is 1.03. The van der Waals surface area contributed by atoms with E-state index in [0.29, 0.717) is 50.1 Å². The molecule has 3 rings (SSSR count). The minimum absolute atomic E-state index is 0.00995. The van der Waals surface area contributed by atoms with Crippen LogP contribution in [0.3, 0.4) is 0 Å². The maximum absolute atomic E-state index is 13.3. The van der Waals surface area contributed by atoms with Crippen molar-refractivity contribution in [3.05, 3.63) is 71.9 Å². The Kier molecular flexibility index (Phi) is 24.1. The van der Waals surface area contributed by atoms with Gasteiger partial charge in [-0.25, -0.2) is 9.59 Å². The number of nitrogens with one attached hydrogen (secondary N) is 4. The van der Waals surface area contributed by atoms with Crippen LogP contribution < -0.4 is 21.3 Å². The molecule has 2 fully saturated rings. The molecule has 5 atom stereocenters. The zero-order valence-corrected chi connectivity index (χ0v) is 41.7. The van der Waals surface area contributed by atoms with Crippen molar-refractivity contribution >= 4 is 59.1 Å². The molecule has 0 aromatic rings. The van der Waals surface area contributed by atoms with Crippen molar-refractivity contribution in [3.63, 3.8) is 0 Å². The summed E-state index contributed by atoms with van der Waals surface area (Å²) < 4.78 is 11.2. The number of thioether (sulfide) groups is 1. The number of alkyl carbamates (subject to hydrolysis) is 1. The van der Waals surface area contributed by atoms with Crippen LogP contribution in [0.2, 0.25) is 0 Å². The monoisotopic (exact) mass is 950 g/mol. The standard InChI is InChI=1S/C51H75N5O10S/c1-9-10-17-39(18-12-13-19-40(57)46(51(5,6)7)55-44(59)20-14-11-16-34(2)31-36(4)41-26-21-35(3)49(63)66-41)65-50(64)54-29-15-28-53-43(58)27-30-67-42-32-45(60)56(48(42)62)33-37-22-24-38(25-23-37)47(61)52-8/h9-14,16,20-21,31,36-39,41-42,46H,15,17-19,22-30,32-33H2,1-8H3,(H,52,61)(H,53,58)(H,54,64)(H,55,59)/b10-9-,13-12-,16-11-,20-14-,34-31+/t36-,37?,38?,39-,41-,42?,46+/m0/s1. The van der Waals surface area contributed by atoms with Crippen molar-refractivity contribution in [2.45, 2.75) is 143 Å². The Labute approximate surface area is 401 Å². The molecule has 1 unspecified atom stereocenters. The first kappa shape index (κ1) is 56.1. The summed E-state index contributed by atoms with van der Waals surface area (Å²) in [6.45, 7) is 14.2. The number of ether oxygens (including phenoxy) is 2. The molecule has 0 spiro atoms. The van der Waals surface area contributed by atoms with Gasteiger partial charge < -0.3 is 30.7 Å². The summed E-state index contributed by atoms with van der Waals surface area (Å²) in [6.07, 6.45) is 22.0. The number of cyclic esters (lactones) is 1. The summed E-state index contributed by atoms with van der Waals surface area (Å²) >= 11 is 1.32. The molecule has 2 aliphatic heterocycles. The number of carbonyl (C=O) groups excluding carboxylic acids is 8. The molecule has 0 aromatic carbocycles. The van der Waals surface area contributed by atoms with E-state index in [1.165, 1.54) is 22.7 Å². The molecule has 370 valence electrons. The second kappa shape index (κ2) is 28.8. The van der Waals surface area contributed by atoms with Gasteiger partial charge in [0.05, 0.1) is 11.3 Å². The fourth-order valence-corrected chi connectivity index (χ4v) is 9.16. The normalized spacial score (nSPS) is 21.9. The van der Waals surface area contributed by atoms with Gasteiger partial charge in [0.15, 0.2) is 5.78 Å². The van der Waals surface area contributed by atoms with E-state index in [2.05, 4.69) is 21.3 Å². The molecular weight excluding hydrogens is 875 g/mol. The predicted molar refractivity (Wildman–Crippen MR) is 261 cm³/mol. The summed E-state index contributed by atoms with van der Waals surface area (Å²) in [5, 5.41) is 10.6. The van der Waals surface area contributed by atoms with Crippen LogP contribution in [0, 0.1) is 23.2 Å². The van der Waals surface area contributed by atoms with Crippen LogP contribution in [0.5, 0.6) is 0 Å². The van der Waals surface area contributed by atoms with Crippen LogP contribution in [0.1, 0.15) is 119 Å². The van der Waals surface area contributed by atoms with E-state index < -0.39 is 34.8 Å². The van der Waals surface area contributed by atoms with E-state index in [9.17, 15) is 38.4 Å². The van der Waals surface area contributed by atoms with Gasteiger partial charge in [-0.3, -0.25) is 33.7 Å². The average molecular weight is 950 g/mol. The largest absolute Gasteiger partial charge is 0.458 e. The highest BCUT2D eigenvalue weighted by molar-refractivity contribution is 8.00. The number of likely N-dealkylation sites (tertiary alicyclic amines) is 1. The number of ketones is 1. The highest BCUT2D eigenvalue weighted by Crippen LogP contribution is 2.33. The molecule has 3 aliphatic rings. The Morgan fingerprint density at radius 1 is 0.970 bits per heavy atom. The molecule has 1 saturated carbocycles. The third-order valence-electron chi connectivity index (χ3n) is 12.0. The Morgan fingerprint density at radius 3 is 2.33 bits per heavy atom. The first-order valence-corrected chi connectivity index (χ1v) is 24.8. The lowest BCUT2D eigenvalue weighted by molar-refractivity contribution is -0.147. The molecule has 0 radical (unpaired) electrons. The Hall–Kier alpha value is -5.25. The van der Waals surface area contributed by atoms with Crippen molar-refractivity contribution in [1.29, 1.82) is 0 Å². The van der Waals surface area contributed by atoms with Gasteiger partial charge in [0.2, 0.25) is 29.5 Å². The van der Waals surface area contributed by atoms with Crippen LogP contribution in [0.4, 0.5) is 4.79 Å². The van der Waals surface area contributed by atoms with Gasteiger partial charge in [-0.2, -0.15) is 0 Å². The summed E-state index contributed by atoms with van der Waals surface area (Å²) in [4.78, 5) is 102. The topological polar surface area (TPSA) is 206 Å².